The van der Waals surface area contributed by atoms with Crippen molar-refractivity contribution in [3.05, 3.63) is 0 Å². The SMILES string of the molecule is CN(SC(Cl)(Cl)Cl)C(=O)ON=C1CSC(C)(C)S1. The average Bonchev–Trinajstić information content (AvgIpc) is 2.52. The maximum atomic E-state index is 11.5. The van der Waals surface area contributed by atoms with Crippen LogP contribution in [0.4, 0.5) is 4.79 Å². The monoisotopic (exact) mass is 368 g/mol. The van der Waals surface area contributed by atoms with Crippen molar-refractivity contribution >= 4 is 81.4 Å². The lowest BCUT2D eigenvalue weighted by atomic mass is 10.5. The summed E-state index contributed by atoms with van der Waals surface area (Å²) in [6.07, 6.45) is -0.686. The third kappa shape index (κ3) is 6.34. The summed E-state index contributed by atoms with van der Waals surface area (Å²) in [6.45, 7) is 4.16. The average molecular weight is 370 g/mol. The van der Waals surface area contributed by atoms with Crippen LogP contribution in [0.3, 0.4) is 0 Å². The summed E-state index contributed by atoms with van der Waals surface area (Å²) in [5, 5.41) is 4.56. The molecule has 0 N–H and O–H groups in total. The second-order valence-electron chi connectivity index (χ2n) is 3.67. The molecule has 1 aliphatic heterocycles. The molecule has 0 unspecified atom stereocenters. The van der Waals surface area contributed by atoms with Gasteiger partial charge in [0.25, 0.3) is 3.12 Å². The van der Waals surface area contributed by atoms with Crippen molar-refractivity contribution < 1.29 is 9.63 Å². The third-order valence-corrected chi connectivity index (χ3v) is 5.73. The van der Waals surface area contributed by atoms with E-state index in [-0.39, 0.29) is 4.08 Å². The number of carbonyl (C=O) groups excluding carboxylic acids is 1. The molecule has 1 rings (SSSR count). The smallest absolute Gasteiger partial charge is 0.296 e. The third-order valence-electron chi connectivity index (χ3n) is 1.63. The molecule has 0 aliphatic carbocycles. The van der Waals surface area contributed by atoms with Gasteiger partial charge in [0.05, 0.1) is 4.08 Å². The standard InChI is InChI=1S/C8H11Cl3N2O2S3/c1-7(2)16-4-5(17-7)12-15-6(14)13(3)18-8(9,10)11/h4H2,1-3H3. The minimum absolute atomic E-state index is 0.0590. The Kier molecular flexibility index (Phi) is 6.15. The second kappa shape index (κ2) is 6.54. The maximum Gasteiger partial charge on any atom is 0.445 e. The Balaban J connectivity index is 2.44. The molecule has 18 heavy (non-hydrogen) atoms. The predicted octanol–water partition coefficient (Wildman–Crippen LogP) is 4.56. The van der Waals surface area contributed by atoms with Gasteiger partial charge in [0, 0.05) is 24.7 Å². The molecule has 1 aliphatic rings. The van der Waals surface area contributed by atoms with Crippen molar-refractivity contribution in [2.45, 2.75) is 21.1 Å². The number of hydrogen-bond acceptors (Lipinski definition) is 6. The van der Waals surface area contributed by atoms with Gasteiger partial charge < -0.3 is 0 Å². The first-order chi connectivity index (χ1) is 8.09. The molecular weight excluding hydrogens is 359 g/mol. The summed E-state index contributed by atoms with van der Waals surface area (Å²) < 4.78 is -0.473. The van der Waals surface area contributed by atoms with Gasteiger partial charge in [-0.05, 0) is 13.8 Å². The van der Waals surface area contributed by atoms with Crippen LogP contribution in [0.15, 0.2) is 5.16 Å². The summed E-state index contributed by atoms with van der Waals surface area (Å²) in [5.74, 6) is 0.728. The summed E-state index contributed by atoms with van der Waals surface area (Å²) >= 11 is 20.6. The van der Waals surface area contributed by atoms with E-state index in [4.69, 9.17) is 39.6 Å². The molecule has 104 valence electrons. The molecular formula is C8H11Cl3N2O2S3. The fraction of sp³-hybridized carbons (Fsp3) is 0.750. The summed E-state index contributed by atoms with van der Waals surface area (Å²) in [4.78, 5) is 16.3. The molecule has 1 amide bonds. The number of oxime groups is 1. The Morgan fingerprint density at radius 3 is 2.61 bits per heavy atom. The Hall–Kier alpha value is 0.860. The molecule has 0 aromatic rings. The molecule has 0 spiro atoms. The van der Waals surface area contributed by atoms with Crippen LogP contribution in [0.25, 0.3) is 0 Å². The zero-order chi connectivity index (χ0) is 14.0. The van der Waals surface area contributed by atoms with E-state index in [1.54, 1.807) is 23.5 Å². The first-order valence-corrected chi connectivity index (χ1v) is 8.40. The molecule has 10 heteroatoms. The number of hydrogen-bond donors (Lipinski definition) is 0. The van der Waals surface area contributed by atoms with Crippen LogP contribution in [0.5, 0.6) is 0 Å². The lowest BCUT2D eigenvalue weighted by Gasteiger charge is -2.17. The van der Waals surface area contributed by atoms with Crippen molar-refractivity contribution in [3.63, 3.8) is 0 Å². The van der Waals surface area contributed by atoms with Crippen LogP contribution in [0.1, 0.15) is 13.8 Å². The number of thioether (sulfide) groups is 2. The maximum absolute atomic E-state index is 11.5. The Morgan fingerprint density at radius 1 is 1.56 bits per heavy atom. The van der Waals surface area contributed by atoms with Crippen molar-refractivity contribution in [1.29, 1.82) is 0 Å². The number of nitrogens with zero attached hydrogens (tertiary/aromatic N) is 2. The van der Waals surface area contributed by atoms with Gasteiger partial charge in [-0.25, -0.2) is 9.10 Å². The summed E-state index contributed by atoms with van der Waals surface area (Å²) in [5.41, 5.74) is 0. The second-order valence-corrected chi connectivity index (χ2v) is 11.5. The van der Waals surface area contributed by atoms with Gasteiger partial charge in [-0.3, -0.25) is 4.84 Å². The Morgan fingerprint density at radius 2 is 2.17 bits per heavy atom. The quantitative estimate of drug-likeness (QED) is 0.309. The molecule has 0 atom stereocenters. The van der Waals surface area contributed by atoms with Gasteiger partial charge in [0.15, 0.2) is 0 Å². The molecule has 0 saturated carbocycles. The van der Waals surface area contributed by atoms with E-state index in [0.29, 0.717) is 0 Å². The first-order valence-electron chi connectivity index (χ1n) is 4.69. The fourth-order valence-corrected chi connectivity index (χ4v) is 4.59. The molecule has 1 saturated heterocycles. The van der Waals surface area contributed by atoms with E-state index in [9.17, 15) is 4.79 Å². The van der Waals surface area contributed by atoms with Crippen LogP contribution in [0, 0.1) is 0 Å². The number of halogens is 3. The van der Waals surface area contributed by atoms with Crippen molar-refractivity contribution in [2.75, 3.05) is 12.8 Å². The normalized spacial score (nSPS) is 21.1. The van der Waals surface area contributed by atoms with E-state index in [1.165, 1.54) is 7.05 Å². The van der Waals surface area contributed by atoms with Crippen molar-refractivity contribution in [3.8, 4) is 0 Å². The van der Waals surface area contributed by atoms with E-state index in [0.717, 1.165) is 27.0 Å². The fourth-order valence-electron chi connectivity index (χ4n) is 0.963. The lowest BCUT2D eigenvalue weighted by Crippen LogP contribution is -2.22. The lowest BCUT2D eigenvalue weighted by molar-refractivity contribution is 0.137. The van der Waals surface area contributed by atoms with Gasteiger partial charge in [0.2, 0.25) is 0 Å². The summed E-state index contributed by atoms with van der Waals surface area (Å²) in [7, 11) is 1.44. The number of alkyl halides is 3. The van der Waals surface area contributed by atoms with E-state index >= 15 is 0 Å². The molecule has 4 nitrogen and oxygen atoms in total. The predicted molar refractivity (Wildman–Crippen MR) is 83.7 cm³/mol. The van der Waals surface area contributed by atoms with Gasteiger partial charge in [0.1, 0.15) is 5.04 Å². The van der Waals surface area contributed by atoms with Crippen molar-refractivity contribution in [2.24, 2.45) is 5.16 Å². The van der Waals surface area contributed by atoms with Gasteiger partial charge in [-0.15, -0.1) is 11.8 Å². The van der Waals surface area contributed by atoms with Gasteiger partial charge >= 0.3 is 6.09 Å². The van der Waals surface area contributed by atoms with Crippen LogP contribution < -0.4 is 0 Å². The molecule has 0 radical (unpaired) electrons. The number of carbonyl (C=O) groups is 1. The van der Waals surface area contributed by atoms with Crippen LogP contribution in [-0.2, 0) is 4.84 Å². The first kappa shape index (κ1) is 16.9. The molecule has 1 fully saturated rings. The van der Waals surface area contributed by atoms with Crippen molar-refractivity contribution in [1.82, 2.24) is 4.31 Å². The molecule has 0 aromatic heterocycles. The molecule has 0 aromatic carbocycles. The van der Waals surface area contributed by atoms with Gasteiger partial charge in [-0.1, -0.05) is 51.7 Å². The van der Waals surface area contributed by atoms with Crippen LogP contribution in [0.2, 0.25) is 0 Å². The summed E-state index contributed by atoms with van der Waals surface area (Å²) in [6, 6.07) is 0. The zero-order valence-electron chi connectivity index (χ0n) is 9.78. The zero-order valence-corrected chi connectivity index (χ0v) is 14.5. The van der Waals surface area contributed by atoms with Crippen LogP contribution >= 0.6 is 70.3 Å². The minimum Gasteiger partial charge on any atom is -0.296 e. The molecule has 1 heterocycles. The highest BCUT2D eigenvalue weighted by atomic mass is 35.6. The highest BCUT2D eigenvalue weighted by Gasteiger charge is 2.31. The van der Waals surface area contributed by atoms with E-state index < -0.39 is 9.22 Å². The Labute approximate surface area is 134 Å². The Bertz CT molecular complexity index is 360. The van der Waals surface area contributed by atoms with E-state index in [1.807, 2.05) is 0 Å². The largest absolute Gasteiger partial charge is 0.445 e. The highest BCUT2D eigenvalue weighted by molar-refractivity contribution is 8.31. The number of rotatable bonds is 2. The topological polar surface area (TPSA) is 41.9 Å². The van der Waals surface area contributed by atoms with Crippen LogP contribution in [-0.4, -0.2) is 35.4 Å². The minimum atomic E-state index is -1.61. The van der Waals surface area contributed by atoms with Gasteiger partial charge in [-0.2, -0.15) is 0 Å². The highest BCUT2D eigenvalue weighted by Crippen LogP contribution is 2.44. The number of amides is 1. The molecule has 0 bridgehead atoms. The van der Waals surface area contributed by atoms with E-state index in [2.05, 4.69) is 19.0 Å².